The van der Waals surface area contributed by atoms with Gasteiger partial charge in [0.15, 0.2) is 0 Å². The minimum atomic E-state index is -0.596. The van der Waals surface area contributed by atoms with Crippen LogP contribution in [0.1, 0.15) is 42.3 Å². The highest BCUT2D eigenvalue weighted by molar-refractivity contribution is 6.45. The maximum atomic E-state index is 12.6. The zero-order valence-electron chi connectivity index (χ0n) is 20.7. The average Bonchev–Trinajstić information content (AvgIpc) is 3.29. The zero-order chi connectivity index (χ0) is 26.4. The van der Waals surface area contributed by atoms with E-state index in [1.165, 1.54) is 20.8 Å². The number of hydrogen-bond acceptors (Lipinski definition) is 7. The zero-order valence-corrected chi connectivity index (χ0v) is 20.7. The minimum Gasteiger partial charge on any atom is -0.318 e. The van der Waals surface area contributed by atoms with Gasteiger partial charge >= 0.3 is 11.9 Å². The van der Waals surface area contributed by atoms with E-state index in [0.29, 0.717) is 17.7 Å². The van der Waals surface area contributed by atoms with E-state index in [1.54, 1.807) is 12.1 Å². The Morgan fingerprint density at radius 2 is 1.38 bits per heavy atom. The highest BCUT2D eigenvalue weighted by Gasteiger charge is 2.17. The van der Waals surface area contributed by atoms with Crippen molar-refractivity contribution in [3.8, 4) is 5.69 Å². The number of hydrogen-bond donors (Lipinski definition) is 0. The monoisotopic (exact) mass is 495 g/mol. The van der Waals surface area contributed by atoms with Gasteiger partial charge in [0.05, 0.1) is 11.2 Å². The summed E-state index contributed by atoms with van der Waals surface area (Å²) in [6, 6.07) is 24.7. The third-order valence-corrected chi connectivity index (χ3v) is 5.57. The van der Waals surface area contributed by atoms with E-state index in [1.807, 2.05) is 77.5 Å². The summed E-state index contributed by atoms with van der Waals surface area (Å²) in [7, 11) is 0. The Hall–Kier alpha value is -4.85. The van der Waals surface area contributed by atoms with Gasteiger partial charge in [-0.15, -0.1) is 0 Å². The van der Waals surface area contributed by atoms with Crippen LogP contribution in [0.2, 0.25) is 0 Å². The van der Waals surface area contributed by atoms with Crippen LogP contribution in [0.25, 0.3) is 16.6 Å². The van der Waals surface area contributed by atoms with E-state index in [4.69, 9.17) is 4.84 Å². The largest absolute Gasteiger partial charge is 0.331 e. The normalized spacial score (nSPS) is 11.9. The highest BCUT2D eigenvalue weighted by atomic mass is 16.7. The SMILES string of the molecule is CC(=O)O/N=C(/C)C(=O)c1ccc(-n2cc(/C(Cc3ccccc3)=N/OC(C)=O)c3ccccc32)cc1. The van der Waals surface area contributed by atoms with Gasteiger partial charge in [0.25, 0.3) is 0 Å². The molecule has 0 aliphatic rings. The molecule has 0 bridgehead atoms. The fraction of sp³-hybridized carbons (Fsp3) is 0.138. The Morgan fingerprint density at radius 3 is 2.05 bits per heavy atom. The maximum absolute atomic E-state index is 12.6. The van der Waals surface area contributed by atoms with E-state index < -0.39 is 11.9 Å². The van der Waals surface area contributed by atoms with Crippen LogP contribution in [0.5, 0.6) is 0 Å². The third kappa shape index (κ3) is 6.05. The minimum absolute atomic E-state index is 0.0730. The molecular formula is C29H25N3O5. The van der Waals surface area contributed by atoms with Crippen molar-refractivity contribution in [2.75, 3.05) is 0 Å². The summed E-state index contributed by atoms with van der Waals surface area (Å²) in [5, 5.41) is 8.70. The predicted octanol–water partition coefficient (Wildman–Crippen LogP) is 5.26. The fourth-order valence-electron chi connectivity index (χ4n) is 3.86. The number of aromatic nitrogens is 1. The molecule has 0 saturated heterocycles. The first-order valence-corrected chi connectivity index (χ1v) is 11.6. The molecule has 0 amide bonds. The molecule has 0 spiro atoms. The molecule has 37 heavy (non-hydrogen) atoms. The molecule has 1 heterocycles. The highest BCUT2D eigenvalue weighted by Crippen LogP contribution is 2.27. The van der Waals surface area contributed by atoms with Gasteiger partial charge in [0, 0.05) is 48.7 Å². The topological polar surface area (TPSA) is 99.3 Å². The van der Waals surface area contributed by atoms with Crippen LogP contribution in [0.15, 0.2) is 95.4 Å². The van der Waals surface area contributed by atoms with Gasteiger partial charge in [-0.3, -0.25) is 4.79 Å². The van der Waals surface area contributed by atoms with Crippen molar-refractivity contribution in [2.45, 2.75) is 27.2 Å². The number of oxime groups is 2. The number of para-hydroxylation sites is 1. The van der Waals surface area contributed by atoms with Crippen LogP contribution in [0.4, 0.5) is 0 Å². The number of carbonyl (C=O) groups is 3. The molecule has 0 saturated carbocycles. The van der Waals surface area contributed by atoms with Crippen LogP contribution in [-0.4, -0.2) is 33.7 Å². The van der Waals surface area contributed by atoms with Crippen LogP contribution >= 0.6 is 0 Å². The molecule has 8 heteroatoms. The third-order valence-electron chi connectivity index (χ3n) is 5.57. The Bertz CT molecular complexity index is 1520. The summed E-state index contributed by atoms with van der Waals surface area (Å²) in [5.41, 5.74) is 4.69. The Labute approximate surface area is 213 Å². The van der Waals surface area contributed by atoms with Gasteiger partial charge in [-0.05, 0) is 42.8 Å². The predicted molar refractivity (Wildman–Crippen MR) is 141 cm³/mol. The van der Waals surface area contributed by atoms with Crippen LogP contribution in [-0.2, 0) is 25.7 Å². The second-order valence-electron chi connectivity index (χ2n) is 8.35. The first-order valence-electron chi connectivity index (χ1n) is 11.6. The summed E-state index contributed by atoms with van der Waals surface area (Å²) in [4.78, 5) is 44.8. The average molecular weight is 496 g/mol. The summed E-state index contributed by atoms with van der Waals surface area (Å²) >= 11 is 0. The fourth-order valence-corrected chi connectivity index (χ4v) is 3.86. The molecule has 0 fully saturated rings. The molecule has 8 nitrogen and oxygen atoms in total. The summed E-state index contributed by atoms with van der Waals surface area (Å²) in [5.74, 6) is -1.44. The van der Waals surface area contributed by atoms with Crippen LogP contribution < -0.4 is 0 Å². The second-order valence-corrected chi connectivity index (χ2v) is 8.35. The molecule has 0 N–H and O–H groups in total. The number of Topliss-reactive ketones (excluding diaryl/α,β-unsaturated/α-hetero) is 1. The quantitative estimate of drug-likeness (QED) is 0.144. The molecule has 3 aromatic carbocycles. The Balaban J connectivity index is 1.73. The number of ketones is 1. The number of benzene rings is 3. The standard InChI is InChI=1S/C29H25N3O5/c1-19(30-36-20(2)33)29(35)23-13-15-24(16-14-23)32-18-26(25-11-7-8-12-28(25)32)27(31-37-21(3)34)17-22-9-5-4-6-10-22/h4-16,18H,17H2,1-3H3/b30-19-,31-27+. The maximum Gasteiger partial charge on any atom is 0.331 e. The lowest BCUT2D eigenvalue weighted by Crippen LogP contribution is -2.12. The van der Waals surface area contributed by atoms with Crippen molar-refractivity contribution in [2.24, 2.45) is 10.3 Å². The molecule has 0 radical (unpaired) electrons. The van der Waals surface area contributed by atoms with Crippen molar-refractivity contribution in [1.29, 1.82) is 0 Å². The lowest BCUT2D eigenvalue weighted by Gasteiger charge is -2.07. The molecule has 0 atom stereocenters. The van der Waals surface area contributed by atoms with Gasteiger partial charge in [-0.1, -0.05) is 58.8 Å². The van der Waals surface area contributed by atoms with Gasteiger partial charge in [0.2, 0.25) is 5.78 Å². The number of rotatable bonds is 8. The van der Waals surface area contributed by atoms with Crippen molar-refractivity contribution < 1.29 is 24.1 Å². The van der Waals surface area contributed by atoms with E-state index in [2.05, 4.69) is 15.1 Å². The van der Waals surface area contributed by atoms with Crippen LogP contribution in [0, 0.1) is 0 Å². The van der Waals surface area contributed by atoms with Crippen molar-refractivity contribution in [3.05, 3.63) is 102 Å². The molecule has 0 aliphatic carbocycles. The Morgan fingerprint density at radius 1 is 0.757 bits per heavy atom. The van der Waals surface area contributed by atoms with Crippen LogP contribution in [0.3, 0.4) is 0 Å². The second kappa shape index (κ2) is 11.3. The van der Waals surface area contributed by atoms with Crippen molar-refractivity contribution >= 4 is 40.0 Å². The van der Waals surface area contributed by atoms with Gasteiger partial charge in [-0.2, -0.15) is 0 Å². The molecule has 0 aliphatic heterocycles. The molecule has 186 valence electrons. The first-order chi connectivity index (χ1) is 17.8. The van der Waals surface area contributed by atoms with Gasteiger partial charge in [0.1, 0.15) is 5.71 Å². The molecule has 1 aromatic heterocycles. The van der Waals surface area contributed by atoms with Gasteiger partial charge in [-0.25, -0.2) is 9.59 Å². The van der Waals surface area contributed by atoms with Crippen molar-refractivity contribution in [1.82, 2.24) is 4.57 Å². The van der Waals surface area contributed by atoms with E-state index >= 15 is 0 Å². The van der Waals surface area contributed by atoms with E-state index in [9.17, 15) is 14.4 Å². The lowest BCUT2D eigenvalue weighted by molar-refractivity contribution is -0.141. The Kier molecular flexibility index (Phi) is 7.68. The lowest BCUT2D eigenvalue weighted by atomic mass is 10.0. The smallest absolute Gasteiger partial charge is 0.318 e. The number of carbonyl (C=O) groups excluding carboxylic acids is 3. The van der Waals surface area contributed by atoms with Gasteiger partial charge < -0.3 is 14.2 Å². The molecule has 0 unspecified atom stereocenters. The molecule has 4 rings (SSSR count). The van der Waals surface area contributed by atoms with Crippen molar-refractivity contribution in [3.63, 3.8) is 0 Å². The van der Waals surface area contributed by atoms with E-state index in [-0.39, 0.29) is 11.5 Å². The van der Waals surface area contributed by atoms with E-state index in [0.717, 1.165) is 27.7 Å². The molecular weight excluding hydrogens is 470 g/mol. The summed E-state index contributed by atoms with van der Waals surface area (Å²) in [6.45, 7) is 4.02. The molecule has 4 aromatic rings. The summed E-state index contributed by atoms with van der Waals surface area (Å²) in [6.07, 6.45) is 2.41. The number of fused-ring (bicyclic) bond motifs is 1. The first kappa shape index (κ1) is 25.2. The summed E-state index contributed by atoms with van der Waals surface area (Å²) < 4.78 is 1.99. The number of nitrogens with zero attached hydrogens (tertiary/aromatic N) is 3.